The summed E-state index contributed by atoms with van der Waals surface area (Å²) in [6.07, 6.45) is 5.70. The molecule has 2 nitrogen and oxygen atoms in total. The van der Waals surface area contributed by atoms with Gasteiger partial charge in [0.2, 0.25) is 0 Å². The first-order valence-electron chi connectivity index (χ1n) is 7.55. The lowest BCUT2D eigenvalue weighted by molar-refractivity contribution is 0.0947. The van der Waals surface area contributed by atoms with E-state index in [1.54, 1.807) is 11.3 Å². The van der Waals surface area contributed by atoms with Crippen molar-refractivity contribution in [3.63, 3.8) is 0 Å². The van der Waals surface area contributed by atoms with Crippen LogP contribution < -0.4 is 5.32 Å². The average Bonchev–Trinajstić information content (AvgIpc) is 3.04. The Morgan fingerprint density at radius 1 is 1.20 bits per heavy atom. The summed E-state index contributed by atoms with van der Waals surface area (Å²) in [4.78, 5) is 12.6. The highest BCUT2D eigenvalue weighted by Crippen LogP contribution is 2.34. The molecule has 2 atom stereocenters. The second kappa shape index (κ2) is 4.97. The zero-order valence-corrected chi connectivity index (χ0v) is 12.3. The van der Waals surface area contributed by atoms with E-state index in [0.29, 0.717) is 23.8 Å². The SMILES string of the molecule is O=C(CC1CC2CCC(C1)N2)c1cccc2ccsc12. The summed E-state index contributed by atoms with van der Waals surface area (Å²) in [6.45, 7) is 0. The number of Topliss-reactive ketones (excluding diaryl/α,β-unsaturated/α-hetero) is 1. The predicted octanol–water partition coefficient (Wildman–Crippen LogP) is 4.00. The number of nitrogens with one attached hydrogen (secondary N) is 1. The van der Waals surface area contributed by atoms with Crippen LogP contribution in [0.1, 0.15) is 42.5 Å². The summed E-state index contributed by atoms with van der Waals surface area (Å²) in [5, 5.41) is 6.93. The molecule has 2 aromatic rings. The Morgan fingerprint density at radius 2 is 2.00 bits per heavy atom. The molecule has 20 heavy (non-hydrogen) atoms. The molecule has 0 saturated carbocycles. The third-order valence-corrected chi connectivity index (χ3v) is 5.79. The Hall–Kier alpha value is -1.19. The molecule has 104 valence electrons. The van der Waals surface area contributed by atoms with Gasteiger partial charge in [-0.1, -0.05) is 12.1 Å². The second-order valence-electron chi connectivity index (χ2n) is 6.25. The number of ketones is 1. The number of hydrogen-bond donors (Lipinski definition) is 1. The fourth-order valence-corrected chi connectivity index (χ4v) is 4.86. The van der Waals surface area contributed by atoms with Gasteiger partial charge in [0, 0.05) is 28.8 Å². The molecule has 0 spiro atoms. The lowest BCUT2D eigenvalue weighted by Gasteiger charge is -2.28. The van der Waals surface area contributed by atoms with E-state index in [2.05, 4.69) is 22.8 Å². The molecule has 3 heteroatoms. The summed E-state index contributed by atoms with van der Waals surface area (Å²) >= 11 is 1.68. The first-order chi connectivity index (χ1) is 9.79. The fraction of sp³-hybridized carbons (Fsp3) is 0.471. The maximum Gasteiger partial charge on any atom is 0.164 e. The predicted molar refractivity (Wildman–Crippen MR) is 83.4 cm³/mol. The third kappa shape index (κ3) is 2.19. The standard InChI is InChI=1S/C17H19NOS/c19-16(10-11-8-13-4-5-14(9-11)18-13)15-3-1-2-12-6-7-20-17(12)15/h1-3,6-7,11,13-14,18H,4-5,8-10H2. The van der Waals surface area contributed by atoms with Crippen LogP contribution in [-0.2, 0) is 0 Å². The summed E-state index contributed by atoms with van der Waals surface area (Å²) < 4.78 is 1.16. The summed E-state index contributed by atoms with van der Waals surface area (Å²) in [7, 11) is 0. The maximum atomic E-state index is 12.6. The van der Waals surface area contributed by atoms with E-state index in [1.165, 1.54) is 31.1 Å². The first kappa shape index (κ1) is 12.5. The molecule has 2 aliphatic heterocycles. The number of rotatable bonds is 3. The van der Waals surface area contributed by atoms with Gasteiger partial charge in [-0.25, -0.2) is 0 Å². The molecule has 2 unspecified atom stereocenters. The molecule has 1 aromatic heterocycles. The second-order valence-corrected chi connectivity index (χ2v) is 7.16. The van der Waals surface area contributed by atoms with Gasteiger partial charge in [0.25, 0.3) is 0 Å². The largest absolute Gasteiger partial charge is 0.311 e. The maximum absolute atomic E-state index is 12.6. The Morgan fingerprint density at radius 3 is 2.80 bits per heavy atom. The summed E-state index contributed by atoms with van der Waals surface area (Å²) in [5.41, 5.74) is 0.934. The number of thiophene rings is 1. The van der Waals surface area contributed by atoms with Crippen molar-refractivity contribution < 1.29 is 4.79 Å². The first-order valence-corrected chi connectivity index (χ1v) is 8.43. The molecule has 0 amide bonds. The molecule has 0 aliphatic carbocycles. The summed E-state index contributed by atoms with van der Waals surface area (Å²) in [6, 6.07) is 9.54. The van der Waals surface area contributed by atoms with Crippen LogP contribution in [0.25, 0.3) is 10.1 Å². The van der Waals surface area contributed by atoms with Gasteiger partial charge in [-0.3, -0.25) is 4.79 Å². The number of carbonyl (C=O) groups is 1. The minimum absolute atomic E-state index is 0.337. The van der Waals surface area contributed by atoms with Gasteiger partial charge in [-0.2, -0.15) is 0 Å². The molecular weight excluding hydrogens is 266 g/mol. The highest BCUT2D eigenvalue weighted by Gasteiger charge is 2.34. The van der Waals surface area contributed by atoms with Crippen molar-refractivity contribution in [2.75, 3.05) is 0 Å². The van der Waals surface area contributed by atoms with Gasteiger partial charge in [0.05, 0.1) is 0 Å². The van der Waals surface area contributed by atoms with Crippen LogP contribution in [0.4, 0.5) is 0 Å². The van der Waals surface area contributed by atoms with E-state index < -0.39 is 0 Å². The van der Waals surface area contributed by atoms with Crippen LogP contribution in [0.3, 0.4) is 0 Å². The Bertz CT molecular complexity index is 635. The average molecular weight is 285 g/mol. The van der Waals surface area contributed by atoms with E-state index in [0.717, 1.165) is 16.7 Å². The number of fused-ring (bicyclic) bond motifs is 3. The van der Waals surface area contributed by atoms with Crippen LogP contribution in [0.15, 0.2) is 29.6 Å². The molecule has 2 saturated heterocycles. The van der Waals surface area contributed by atoms with Crippen LogP contribution in [-0.4, -0.2) is 17.9 Å². The zero-order valence-electron chi connectivity index (χ0n) is 11.5. The van der Waals surface area contributed by atoms with Gasteiger partial charge in [0.1, 0.15) is 0 Å². The van der Waals surface area contributed by atoms with E-state index >= 15 is 0 Å². The van der Waals surface area contributed by atoms with Gasteiger partial charge in [0.15, 0.2) is 5.78 Å². The van der Waals surface area contributed by atoms with Gasteiger partial charge < -0.3 is 5.32 Å². The van der Waals surface area contributed by atoms with E-state index in [-0.39, 0.29) is 0 Å². The number of hydrogen-bond acceptors (Lipinski definition) is 3. The van der Waals surface area contributed by atoms with Crippen LogP contribution in [0.2, 0.25) is 0 Å². The molecule has 2 bridgehead atoms. The monoisotopic (exact) mass is 285 g/mol. The number of benzene rings is 1. The van der Waals surface area contributed by atoms with E-state index in [1.807, 2.05) is 12.1 Å². The van der Waals surface area contributed by atoms with Crippen molar-refractivity contribution in [3.05, 3.63) is 35.2 Å². The highest BCUT2D eigenvalue weighted by atomic mass is 32.1. The minimum atomic E-state index is 0.337. The normalized spacial score (nSPS) is 28.9. The number of carbonyl (C=O) groups excluding carboxylic acids is 1. The third-order valence-electron chi connectivity index (χ3n) is 4.82. The van der Waals surface area contributed by atoms with Crippen LogP contribution >= 0.6 is 11.3 Å². The van der Waals surface area contributed by atoms with Crippen LogP contribution in [0, 0.1) is 5.92 Å². The van der Waals surface area contributed by atoms with Gasteiger partial charge in [-0.15, -0.1) is 11.3 Å². The Kier molecular flexibility index (Phi) is 3.12. The summed E-state index contributed by atoms with van der Waals surface area (Å²) in [5.74, 6) is 0.917. The molecule has 3 heterocycles. The Labute approximate surface area is 123 Å². The molecule has 1 aromatic carbocycles. The van der Waals surface area contributed by atoms with Crippen LogP contribution in [0.5, 0.6) is 0 Å². The van der Waals surface area contributed by atoms with Crippen molar-refractivity contribution >= 4 is 27.2 Å². The fourth-order valence-electron chi connectivity index (χ4n) is 3.93. The van der Waals surface area contributed by atoms with Gasteiger partial charge in [-0.05, 0) is 54.5 Å². The molecule has 2 aliphatic rings. The molecule has 1 N–H and O–H groups in total. The van der Waals surface area contributed by atoms with Crippen molar-refractivity contribution in [1.29, 1.82) is 0 Å². The molecule has 0 radical (unpaired) electrons. The zero-order chi connectivity index (χ0) is 13.5. The van der Waals surface area contributed by atoms with Crippen molar-refractivity contribution in [1.82, 2.24) is 5.32 Å². The van der Waals surface area contributed by atoms with E-state index in [9.17, 15) is 4.79 Å². The molecule has 4 rings (SSSR count). The van der Waals surface area contributed by atoms with E-state index in [4.69, 9.17) is 0 Å². The lowest BCUT2D eigenvalue weighted by Crippen LogP contribution is -2.38. The van der Waals surface area contributed by atoms with Gasteiger partial charge >= 0.3 is 0 Å². The van der Waals surface area contributed by atoms with Crippen molar-refractivity contribution in [2.24, 2.45) is 5.92 Å². The topological polar surface area (TPSA) is 29.1 Å². The lowest BCUT2D eigenvalue weighted by atomic mass is 9.87. The minimum Gasteiger partial charge on any atom is -0.311 e. The van der Waals surface area contributed by atoms with Crippen molar-refractivity contribution in [2.45, 2.75) is 44.2 Å². The molecular formula is C17H19NOS. The quantitative estimate of drug-likeness (QED) is 0.863. The Balaban J connectivity index is 1.54. The van der Waals surface area contributed by atoms with Crippen molar-refractivity contribution in [3.8, 4) is 0 Å². The highest BCUT2D eigenvalue weighted by molar-refractivity contribution is 7.17. The number of piperidine rings is 1. The smallest absolute Gasteiger partial charge is 0.164 e. The molecule has 2 fully saturated rings.